The van der Waals surface area contributed by atoms with Crippen molar-refractivity contribution in [3.8, 4) is 11.6 Å². The first-order valence-corrected chi connectivity index (χ1v) is 10.1. The second-order valence-corrected chi connectivity index (χ2v) is 7.48. The Hall–Kier alpha value is -3.42. The number of aromatic nitrogens is 4. The summed E-state index contributed by atoms with van der Waals surface area (Å²) < 4.78 is 7.65. The number of hydrogen-bond donors (Lipinski definition) is 0. The lowest BCUT2D eigenvalue weighted by molar-refractivity contribution is 0.0745. The first-order valence-electron chi connectivity index (χ1n) is 10.1. The molecule has 30 heavy (non-hydrogen) atoms. The molecule has 0 bridgehead atoms. The number of para-hydroxylation sites is 1. The van der Waals surface area contributed by atoms with Gasteiger partial charge in [-0.15, -0.1) is 0 Å². The van der Waals surface area contributed by atoms with E-state index in [1.165, 1.54) is 0 Å². The Kier molecular flexibility index (Phi) is 5.39. The van der Waals surface area contributed by atoms with Gasteiger partial charge in [-0.3, -0.25) is 9.48 Å². The molecule has 3 heterocycles. The summed E-state index contributed by atoms with van der Waals surface area (Å²) in [5.41, 5.74) is 2.38. The van der Waals surface area contributed by atoms with Crippen LogP contribution < -0.4 is 9.64 Å². The summed E-state index contributed by atoms with van der Waals surface area (Å²) in [7, 11) is 1.86. The van der Waals surface area contributed by atoms with Crippen LogP contribution in [0.5, 0.6) is 11.6 Å². The number of carbonyl (C=O) groups is 1. The van der Waals surface area contributed by atoms with Crippen molar-refractivity contribution >= 4 is 11.7 Å². The third-order valence-corrected chi connectivity index (χ3v) is 5.38. The maximum atomic E-state index is 13.0. The quantitative estimate of drug-likeness (QED) is 0.663. The minimum atomic E-state index is 0.0460. The predicted octanol–water partition coefficient (Wildman–Crippen LogP) is 2.89. The number of hydrogen-bond acceptors (Lipinski definition) is 6. The number of benzene rings is 1. The second kappa shape index (κ2) is 8.14. The van der Waals surface area contributed by atoms with Crippen molar-refractivity contribution in [3.05, 3.63) is 59.2 Å². The van der Waals surface area contributed by atoms with E-state index in [4.69, 9.17) is 4.74 Å². The summed E-state index contributed by atoms with van der Waals surface area (Å²) in [5.74, 6) is 2.76. The zero-order valence-corrected chi connectivity index (χ0v) is 17.8. The highest BCUT2D eigenvalue weighted by Gasteiger charge is 2.27. The van der Waals surface area contributed by atoms with Crippen LogP contribution in [-0.2, 0) is 7.05 Å². The van der Waals surface area contributed by atoms with Crippen LogP contribution in [0.15, 0.2) is 36.4 Å². The SMILES string of the molecule is Cc1nc(Oc2ccccc2)cc(N2CCN(C(=O)c3c(C)nn(C)c3C)CC2)n1. The molecule has 1 aromatic carbocycles. The van der Waals surface area contributed by atoms with Crippen LogP contribution in [-0.4, -0.2) is 56.7 Å². The van der Waals surface area contributed by atoms with E-state index in [-0.39, 0.29) is 5.91 Å². The third kappa shape index (κ3) is 3.98. The highest BCUT2D eigenvalue weighted by Crippen LogP contribution is 2.24. The topological polar surface area (TPSA) is 76.4 Å². The Labute approximate surface area is 176 Å². The summed E-state index contributed by atoms with van der Waals surface area (Å²) in [5, 5.41) is 4.37. The Bertz CT molecular complexity index is 1050. The van der Waals surface area contributed by atoms with E-state index in [1.807, 2.05) is 69.1 Å². The molecule has 0 spiro atoms. The molecular weight excluding hydrogens is 380 g/mol. The van der Waals surface area contributed by atoms with E-state index >= 15 is 0 Å². The van der Waals surface area contributed by atoms with Crippen molar-refractivity contribution in [1.82, 2.24) is 24.6 Å². The van der Waals surface area contributed by atoms with E-state index in [1.54, 1.807) is 4.68 Å². The fraction of sp³-hybridized carbons (Fsp3) is 0.364. The molecule has 8 nitrogen and oxygen atoms in total. The van der Waals surface area contributed by atoms with Crippen molar-refractivity contribution in [2.24, 2.45) is 7.05 Å². The van der Waals surface area contributed by atoms with E-state index in [0.29, 0.717) is 43.4 Å². The molecule has 0 radical (unpaired) electrons. The van der Waals surface area contributed by atoms with Gasteiger partial charge in [0.15, 0.2) is 0 Å². The average Bonchev–Trinajstić information content (AvgIpc) is 2.99. The molecule has 0 aliphatic carbocycles. The lowest BCUT2D eigenvalue weighted by Crippen LogP contribution is -2.49. The molecule has 8 heteroatoms. The standard InChI is InChI=1S/C22H26N6O2/c1-15-21(16(2)26(4)25-15)22(29)28-12-10-27(11-13-28)19-14-20(24-17(3)23-19)30-18-8-6-5-7-9-18/h5-9,14H,10-13H2,1-4H3. The first kappa shape index (κ1) is 19.9. The molecule has 1 aliphatic heterocycles. The lowest BCUT2D eigenvalue weighted by Gasteiger charge is -2.35. The van der Waals surface area contributed by atoms with Gasteiger partial charge in [-0.2, -0.15) is 10.1 Å². The Balaban J connectivity index is 1.46. The average molecular weight is 406 g/mol. The number of amides is 1. The molecular formula is C22H26N6O2. The van der Waals surface area contributed by atoms with Crippen molar-refractivity contribution in [1.29, 1.82) is 0 Å². The molecule has 1 amide bonds. The molecule has 3 aromatic rings. The number of rotatable bonds is 4. The van der Waals surface area contributed by atoms with E-state index in [9.17, 15) is 4.79 Å². The monoisotopic (exact) mass is 406 g/mol. The van der Waals surface area contributed by atoms with Crippen molar-refractivity contribution in [3.63, 3.8) is 0 Å². The van der Waals surface area contributed by atoms with Gasteiger partial charge in [0, 0.05) is 45.0 Å². The van der Waals surface area contributed by atoms with Crippen LogP contribution in [0.25, 0.3) is 0 Å². The van der Waals surface area contributed by atoms with E-state index < -0.39 is 0 Å². The molecule has 4 rings (SSSR count). The molecule has 1 saturated heterocycles. The van der Waals surface area contributed by atoms with Gasteiger partial charge in [0.2, 0.25) is 5.88 Å². The van der Waals surface area contributed by atoms with Gasteiger partial charge in [-0.1, -0.05) is 18.2 Å². The van der Waals surface area contributed by atoms with E-state index in [2.05, 4.69) is 20.0 Å². The van der Waals surface area contributed by atoms with Crippen LogP contribution in [0, 0.1) is 20.8 Å². The lowest BCUT2D eigenvalue weighted by atomic mass is 10.1. The van der Waals surface area contributed by atoms with Crippen molar-refractivity contribution in [2.75, 3.05) is 31.1 Å². The normalized spacial score (nSPS) is 14.1. The number of aryl methyl sites for hydroxylation is 3. The Morgan fingerprint density at radius 1 is 1.00 bits per heavy atom. The molecule has 1 aliphatic rings. The van der Waals surface area contributed by atoms with Gasteiger partial charge in [0.25, 0.3) is 5.91 Å². The number of nitrogens with zero attached hydrogens (tertiary/aromatic N) is 6. The Morgan fingerprint density at radius 3 is 2.33 bits per heavy atom. The summed E-state index contributed by atoms with van der Waals surface area (Å²) in [4.78, 5) is 26.0. The highest BCUT2D eigenvalue weighted by atomic mass is 16.5. The van der Waals surface area contributed by atoms with Gasteiger partial charge in [0.05, 0.1) is 11.3 Å². The van der Waals surface area contributed by atoms with Crippen molar-refractivity contribution in [2.45, 2.75) is 20.8 Å². The van der Waals surface area contributed by atoms with Crippen LogP contribution in [0.4, 0.5) is 5.82 Å². The number of piperazine rings is 1. The van der Waals surface area contributed by atoms with E-state index in [0.717, 1.165) is 23.0 Å². The minimum Gasteiger partial charge on any atom is -0.439 e. The number of carbonyl (C=O) groups excluding carboxylic acids is 1. The van der Waals surface area contributed by atoms with Gasteiger partial charge >= 0.3 is 0 Å². The fourth-order valence-electron chi connectivity index (χ4n) is 3.73. The summed E-state index contributed by atoms with van der Waals surface area (Å²) in [6, 6.07) is 11.4. The molecule has 0 N–H and O–H groups in total. The maximum Gasteiger partial charge on any atom is 0.257 e. The summed E-state index contributed by atoms with van der Waals surface area (Å²) in [6.07, 6.45) is 0. The summed E-state index contributed by atoms with van der Waals surface area (Å²) in [6.45, 7) is 8.33. The van der Waals surface area contributed by atoms with Gasteiger partial charge in [-0.25, -0.2) is 4.98 Å². The Morgan fingerprint density at radius 2 is 1.70 bits per heavy atom. The largest absolute Gasteiger partial charge is 0.439 e. The summed E-state index contributed by atoms with van der Waals surface area (Å²) >= 11 is 0. The smallest absolute Gasteiger partial charge is 0.257 e. The van der Waals surface area contributed by atoms with Gasteiger partial charge < -0.3 is 14.5 Å². The number of ether oxygens (including phenoxy) is 1. The number of anilines is 1. The third-order valence-electron chi connectivity index (χ3n) is 5.38. The van der Waals surface area contributed by atoms with Gasteiger partial charge in [-0.05, 0) is 32.9 Å². The molecule has 0 atom stereocenters. The highest BCUT2D eigenvalue weighted by molar-refractivity contribution is 5.96. The van der Waals surface area contributed by atoms with Crippen LogP contribution in [0.2, 0.25) is 0 Å². The predicted molar refractivity (Wildman–Crippen MR) is 114 cm³/mol. The zero-order valence-electron chi connectivity index (χ0n) is 17.8. The van der Waals surface area contributed by atoms with Crippen LogP contribution in [0.3, 0.4) is 0 Å². The second-order valence-electron chi connectivity index (χ2n) is 7.48. The molecule has 156 valence electrons. The van der Waals surface area contributed by atoms with Crippen LogP contribution >= 0.6 is 0 Å². The molecule has 0 saturated carbocycles. The zero-order chi connectivity index (χ0) is 21.3. The van der Waals surface area contributed by atoms with Crippen LogP contribution in [0.1, 0.15) is 27.6 Å². The molecule has 1 fully saturated rings. The first-order chi connectivity index (χ1) is 14.4. The fourth-order valence-corrected chi connectivity index (χ4v) is 3.73. The molecule has 0 unspecified atom stereocenters. The minimum absolute atomic E-state index is 0.0460. The van der Waals surface area contributed by atoms with Gasteiger partial charge in [0.1, 0.15) is 17.4 Å². The van der Waals surface area contributed by atoms with Crippen molar-refractivity contribution < 1.29 is 9.53 Å². The maximum absolute atomic E-state index is 13.0. The molecule has 2 aromatic heterocycles.